The van der Waals surface area contributed by atoms with E-state index in [-0.39, 0.29) is 49.5 Å². The maximum Gasteiger partial charge on any atom is 0.403 e. The number of carbonyl (C=O) groups excluding carboxylic acids is 1. The van der Waals surface area contributed by atoms with Crippen LogP contribution in [0.3, 0.4) is 0 Å². The van der Waals surface area contributed by atoms with Gasteiger partial charge < -0.3 is 19.9 Å². The zero-order valence-electron chi connectivity index (χ0n) is 15.7. The predicted molar refractivity (Wildman–Crippen MR) is 105 cm³/mol. The molecule has 1 fully saturated rings. The molecule has 0 saturated carbocycles. The lowest BCUT2D eigenvalue weighted by molar-refractivity contribution is -0.181. The Labute approximate surface area is 169 Å². The van der Waals surface area contributed by atoms with Gasteiger partial charge in [0.15, 0.2) is 5.96 Å². The Kier molecular flexibility index (Phi) is 11.4. The lowest BCUT2D eigenvalue weighted by Gasteiger charge is -2.39. The minimum atomic E-state index is -4.23. The maximum absolute atomic E-state index is 12.8. The fourth-order valence-electron chi connectivity index (χ4n) is 2.34. The molecule has 1 heterocycles. The standard InChI is InChI=1S/C15H28F3N5O2.HI/c1-12(15(16,17)18)22-6-8-23(9-7-22)14(19-5-10-25-4)20-11-13(24)21(2)3;/h12H,5-11H2,1-4H3,(H,19,20);1H. The van der Waals surface area contributed by atoms with E-state index in [2.05, 4.69) is 10.3 Å². The first-order chi connectivity index (χ1) is 11.7. The molecule has 1 atom stereocenters. The van der Waals surface area contributed by atoms with Crippen molar-refractivity contribution in [2.75, 3.05) is 67.1 Å². The topological polar surface area (TPSA) is 60.4 Å². The molecular formula is C15H29F3IN5O2. The number of hydrogen-bond acceptors (Lipinski definition) is 4. The lowest BCUT2D eigenvalue weighted by atomic mass is 10.2. The number of piperazine rings is 1. The molecule has 0 aromatic heterocycles. The highest BCUT2D eigenvalue weighted by atomic mass is 127. The molecule has 1 aliphatic heterocycles. The fourth-order valence-corrected chi connectivity index (χ4v) is 2.34. The Bertz CT molecular complexity index is 455. The molecule has 1 amide bonds. The van der Waals surface area contributed by atoms with Gasteiger partial charge >= 0.3 is 6.18 Å². The van der Waals surface area contributed by atoms with Gasteiger partial charge in [-0.15, -0.1) is 24.0 Å². The highest BCUT2D eigenvalue weighted by Gasteiger charge is 2.41. The molecule has 1 N–H and O–H groups in total. The van der Waals surface area contributed by atoms with Crippen molar-refractivity contribution < 1.29 is 22.7 Å². The van der Waals surface area contributed by atoms with Crippen LogP contribution in [0.25, 0.3) is 0 Å². The van der Waals surface area contributed by atoms with Gasteiger partial charge in [0.25, 0.3) is 0 Å². The van der Waals surface area contributed by atoms with Crippen LogP contribution in [0.1, 0.15) is 6.92 Å². The van der Waals surface area contributed by atoms with Gasteiger partial charge in [0.05, 0.1) is 6.61 Å². The van der Waals surface area contributed by atoms with Crippen molar-refractivity contribution in [1.82, 2.24) is 20.0 Å². The van der Waals surface area contributed by atoms with Crippen LogP contribution in [0.4, 0.5) is 13.2 Å². The minimum Gasteiger partial charge on any atom is -0.383 e. The van der Waals surface area contributed by atoms with Crippen LogP contribution >= 0.6 is 24.0 Å². The number of rotatable bonds is 6. The largest absolute Gasteiger partial charge is 0.403 e. The molecule has 26 heavy (non-hydrogen) atoms. The molecule has 1 unspecified atom stereocenters. The summed E-state index contributed by atoms with van der Waals surface area (Å²) in [6.45, 7) is 3.53. The number of aliphatic imine (C=N–C) groups is 1. The fraction of sp³-hybridized carbons (Fsp3) is 0.867. The maximum atomic E-state index is 12.8. The van der Waals surface area contributed by atoms with Crippen molar-refractivity contribution in [2.24, 2.45) is 4.99 Å². The summed E-state index contributed by atoms with van der Waals surface area (Å²) in [6.07, 6.45) is -4.23. The Balaban J connectivity index is 0.00000625. The smallest absolute Gasteiger partial charge is 0.383 e. The van der Waals surface area contributed by atoms with Crippen molar-refractivity contribution in [2.45, 2.75) is 19.1 Å². The first-order valence-electron chi connectivity index (χ1n) is 8.20. The summed E-state index contributed by atoms with van der Waals surface area (Å²) in [5.74, 6) is 0.377. The van der Waals surface area contributed by atoms with E-state index >= 15 is 0 Å². The molecule has 0 spiro atoms. The van der Waals surface area contributed by atoms with E-state index in [9.17, 15) is 18.0 Å². The third kappa shape index (κ3) is 8.25. The van der Waals surface area contributed by atoms with E-state index in [1.54, 1.807) is 21.2 Å². The van der Waals surface area contributed by atoms with Gasteiger partial charge in [0.2, 0.25) is 5.91 Å². The molecule has 1 rings (SSSR count). The molecule has 0 radical (unpaired) electrons. The summed E-state index contributed by atoms with van der Waals surface area (Å²) in [6, 6.07) is -1.47. The third-order valence-electron chi connectivity index (χ3n) is 4.09. The highest BCUT2D eigenvalue weighted by molar-refractivity contribution is 14.0. The molecule has 0 bridgehead atoms. The van der Waals surface area contributed by atoms with E-state index in [0.717, 1.165) is 0 Å². The SMILES string of the molecule is COCCNC(=NCC(=O)N(C)C)N1CCN(C(C)C(F)(F)F)CC1.I. The zero-order valence-corrected chi connectivity index (χ0v) is 18.0. The molecular weight excluding hydrogens is 466 g/mol. The quantitative estimate of drug-likeness (QED) is 0.257. The number of guanidine groups is 1. The molecule has 0 aromatic rings. The predicted octanol–water partition coefficient (Wildman–Crippen LogP) is 0.853. The number of likely N-dealkylation sites (N-methyl/N-ethyl adjacent to an activating group) is 1. The van der Waals surface area contributed by atoms with Gasteiger partial charge in [-0.05, 0) is 6.92 Å². The average Bonchev–Trinajstić information content (AvgIpc) is 2.56. The van der Waals surface area contributed by atoms with Gasteiger partial charge in [-0.3, -0.25) is 9.69 Å². The Hall–Kier alpha value is -0.820. The second-order valence-corrected chi connectivity index (χ2v) is 6.09. The minimum absolute atomic E-state index is 0. The summed E-state index contributed by atoms with van der Waals surface area (Å²) >= 11 is 0. The van der Waals surface area contributed by atoms with E-state index in [1.165, 1.54) is 16.7 Å². The molecule has 0 aromatic carbocycles. The summed E-state index contributed by atoms with van der Waals surface area (Å²) in [5.41, 5.74) is 0. The number of methoxy groups -OCH3 is 1. The van der Waals surface area contributed by atoms with Gasteiger partial charge in [0.1, 0.15) is 12.6 Å². The van der Waals surface area contributed by atoms with Crippen LogP contribution in [0, 0.1) is 0 Å². The normalized spacial score (nSPS) is 17.5. The summed E-state index contributed by atoms with van der Waals surface area (Å²) in [5, 5.41) is 3.10. The number of nitrogens with zero attached hydrogens (tertiary/aromatic N) is 4. The Morgan fingerprint density at radius 2 is 1.85 bits per heavy atom. The Morgan fingerprint density at radius 1 is 1.27 bits per heavy atom. The van der Waals surface area contributed by atoms with Gasteiger partial charge in [0, 0.05) is 53.9 Å². The lowest BCUT2D eigenvalue weighted by Crippen LogP contribution is -2.57. The molecule has 1 aliphatic rings. The van der Waals surface area contributed by atoms with Crippen molar-refractivity contribution >= 4 is 35.8 Å². The van der Waals surface area contributed by atoms with Crippen molar-refractivity contribution in [1.29, 1.82) is 0 Å². The number of hydrogen-bond donors (Lipinski definition) is 1. The molecule has 7 nitrogen and oxygen atoms in total. The van der Waals surface area contributed by atoms with Crippen LogP contribution in [-0.2, 0) is 9.53 Å². The van der Waals surface area contributed by atoms with Crippen LogP contribution in [0.5, 0.6) is 0 Å². The molecule has 154 valence electrons. The number of amides is 1. The summed E-state index contributed by atoms with van der Waals surface area (Å²) < 4.78 is 43.5. The number of nitrogens with one attached hydrogen (secondary N) is 1. The van der Waals surface area contributed by atoms with Gasteiger partial charge in [-0.25, -0.2) is 4.99 Å². The molecule has 11 heteroatoms. The van der Waals surface area contributed by atoms with E-state index in [0.29, 0.717) is 32.2 Å². The first-order valence-corrected chi connectivity index (χ1v) is 8.20. The molecule has 0 aliphatic carbocycles. The van der Waals surface area contributed by atoms with Gasteiger partial charge in [-0.2, -0.15) is 13.2 Å². The summed E-state index contributed by atoms with van der Waals surface area (Å²) in [4.78, 5) is 20.8. The van der Waals surface area contributed by atoms with Crippen molar-refractivity contribution in [3.8, 4) is 0 Å². The van der Waals surface area contributed by atoms with Crippen LogP contribution < -0.4 is 5.32 Å². The van der Waals surface area contributed by atoms with Gasteiger partial charge in [-0.1, -0.05) is 0 Å². The monoisotopic (exact) mass is 495 g/mol. The Morgan fingerprint density at radius 3 is 2.31 bits per heavy atom. The van der Waals surface area contributed by atoms with Crippen LogP contribution in [-0.4, -0.2) is 106 Å². The van der Waals surface area contributed by atoms with E-state index in [4.69, 9.17) is 4.74 Å². The number of ether oxygens (including phenoxy) is 1. The molecule has 1 saturated heterocycles. The number of alkyl halides is 3. The second-order valence-electron chi connectivity index (χ2n) is 6.09. The zero-order chi connectivity index (χ0) is 19.0. The number of carbonyl (C=O) groups is 1. The summed E-state index contributed by atoms with van der Waals surface area (Å²) in [7, 11) is 4.87. The average molecular weight is 495 g/mol. The highest BCUT2D eigenvalue weighted by Crippen LogP contribution is 2.25. The van der Waals surface area contributed by atoms with Crippen LogP contribution in [0.15, 0.2) is 4.99 Å². The third-order valence-corrected chi connectivity index (χ3v) is 4.09. The van der Waals surface area contributed by atoms with Crippen molar-refractivity contribution in [3.05, 3.63) is 0 Å². The van der Waals surface area contributed by atoms with E-state index < -0.39 is 12.2 Å². The first kappa shape index (κ1) is 25.2. The van der Waals surface area contributed by atoms with Crippen molar-refractivity contribution in [3.63, 3.8) is 0 Å². The van der Waals surface area contributed by atoms with Crippen LogP contribution in [0.2, 0.25) is 0 Å². The second kappa shape index (κ2) is 11.8. The van der Waals surface area contributed by atoms with E-state index in [1.807, 2.05) is 4.90 Å². The number of halogens is 4.